The smallest absolute Gasteiger partial charge is 0.339 e. The van der Waals surface area contributed by atoms with Crippen LogP contribution < -0.4 is 14.2 Å². The van der Waals surface area contributed by atoms with Crippen LogP contribution in [0.3, 0.4) is 0 Å². The highest BCUT2D eigenvalue weighted by molar-refractivity contribution is 6.08. The third-order valence-electron chi connectivity index (χ3n) is 5.09. The van der Waals surface area contributed by atoms with Crippen molar-refractivity contribution in [2.24, 2.45) is 0 Å². The first-order valence-corrected chi connectivity index (χ1v) is 9.35. The monoisotopic (exact) mass is 406 g/mol. The number of hydrogen-bond acceptors (Lipinski definition) is 6. The number of fused-ring (bicyclic) bond motifs is 3. The molecule has 0 saturated heterocycles. The minimum absolute atomic E-state index is 0.411. The zero-order chi connectivity index (χ0) is 21.3. The van der Waals surface area contributed by atoms with Crippen LogP contribution >= 0.6 is 0 Å². The molecular formula is C23H22N2O5. The summed E-state index contributed by atoms with van der Waals surface area (Å²) in [6.45, 7) is 0.533. The zero-order valence-electron chi connectivity index (χ0n) is 17.3. The molecule has 2 aromatic carbocycles. The van der Waals surface area contributed by atoms with Crippen LogP contribution in [0.25, 0.3) is 21.9 Å². The summed E-state index contributed by atoms with van der Waals surface area (Å²) in [6, 6.07) is 13.7. The van der Waals surface area contributed by atoms with Crippen LogP contribution in [0.4, 0.5) is 0 Å². The molecule has 0 unspecified atom stereocenters. The normalized spacial score (nSPS) is 10.9. The summed E-state index contributed by atoms with van der Waals surface area (Å²) in [5.41, 5.74) is 3.17. The van der Waals surface area contributed by atoms with Crippen LogP contribution in [0.5, 0.6) is 17.2 Å². The van der Waals surface area contributed by atoms with E-state index in [2.05, 4.69) is 9.55 Å². The van der Waals surface area contributed by atoms with E-state index in [1.165, 1.54) is 7.11 Å². The minimum Gasteiger partial charge on any atom is -0.493 e. The molecule has 4 aromatic rings. The van der Waals surface area contributed by atoms with Gasteiger partial charge in [-0.1, -0.05) is 18.2 Å². The van der Waals surface area contributed by atoms with Gasteiger partial charge in [-0.3, -0.25) is 0 Å². The molecule has 0 saturated carbocycles. The molecule has 7 nitrogen and oxygen atoms in total. The SMILES string of the molecule is COC(=O)c1cnc2c(c1)c1ccccc1n2Cc1cc(OC)c(OC)c(OC)c1. The first-order chi connectivity index (χ1) is 14.6. The maximum atomic E-state index is 12.0. The molecule has 0 fully saturated rings. The van der Waals surface area contributed by atoms with Gasteiger partial charge in [-0.05, 0) is 29.8 Å². The average Bonchev–Trinajstić information content (AvgIpc) is 3.10. The maximum absolute atomic E-state index is 12.0. The predicted molar refractivity (Wildman–Crippen MR) is 114 cm³/mol. The number of esters is 1. The van der Waals surface area contributed by atoms with Crippen molar-refractivity contribution in [3.05, 3.63) is 59.8 Å². The number of para-hydroxylation sites is 1. The topological polar surface area (TPSA) is 71.8 Å². The quantitative estimate of drug-likeness (QED) is 0.450. The Morgan fingerprint density at radius 3 is 2.27 bits per heavy atom. The summed E-state index contributed by atoms with van der Waals surface area (Å²) < 4.78 is 23.3. The molecule has 4 rings (SSSR count). The van der Waals surface area contributed by atoms with Crippen molar-refractivity contribution >= 4 is 27.9 Å². The van der Waals surface area contributed by atoms with Crippen molar-refractivity contribution in [1.82, 2.24) is 9.55 Å². The van der Waals surface area contributed by atoms with E-state index >= 15 is 0 Å². The molecule has 0 aliphatic rings. The first-order valence-electron chi connectivity index (χ1n) is 9.35. The lowest BCUT2D eigenvalue weighted by Crippen LogP contribution is -2.04. The number of nitrogens with zero attached hydrogens (tertiary/aromatic N) is 2. The standard InChI is InChI=1S/C23H22N2O5/c1-27-19-9-14(10-20(28-2)21(19)29-3)13-25-18-8-6-5-7-16(18)17-11-15(23(26)30-4)12-24-22(17)25/h5-12H,13H2,1-4H3. The fourth-order valence-corrected chi connectivity index (χ4v) is 3.72. The van der Waals surface area contributed by atoms with Crippen molar-refractivity contribution in [3.63, 3.8) is 0 Å². The molecule has 0 atom stereocenters. The number of hydrogen-bond donors (Lipinski definition) is 0. The van der Waals surface area contributed by atoms with Crippen molar-refractivity contribution in [3.8, 4) is 17.2 Å². The fraction of sp³-hybridized carbons (Fsp3) is 0.217. The van der Waals surface area contributed by atoms with Gasteiger partial charge < -0.3 is 23.5 Å². The summed E-state index contributed by atoms with van der Waals surface area (Å²) in [7, 11) is 6.13. The zero-order valence-corrected chi connectivity index (χ0v) is 17.3. The van der Waals surface area contributed by atoms with Crippen LogP contribution in [0, 0.1) is 0 Å². The molecule has 0 aliphatic carbocycles. The molecule has 0 radical (unpaired) electrons. The summed E-state index contributed by atoms with van der Waals surface area (Å²) in [5, 5.41) is 1.90. The molecule has 0 aliphatic heterocycles. The Kier molecular flexibility index (Phi) is 5.18. The van der Waals surface area contributed by atoms with Crippen molar-refractivity contribution in [2.75, 3.05) is 28.4 Å². The highest BCUT2D eigenvalue weighted by Crippen LogP contribution is 2.39. The number of benzene rings is 2. The molecule has 0 spiro atoms. The van der Waals surface area contributed by atoms with Gasteiger partial charge in [-0.25, -0.2) is 9.78 Å². The third kappa shape index (κ3) is 3.18. The van der Waals surface area contributed by atoms with E-state index in [9.17, 15) is 4.79 Å². The van der Waals surface area contributed by atoms with Crippen molar-refractivity contribution < 1.29 is 23.7 Å². The summed E-state index contributed by atoms with van der Waals surface area (Å²) in [5.74, 6) is 1.32. The highest BCUT2D eigenvalue weighted by atomic mass is 16.5. The molecule has 30 heavy (non-hydrogen) atoms. The van der Waals surface area contributed by atoms with E-state index in [0.29, 0.717) is 29.4 Å². The highest BCUT2D eigenvalue weighted by Gasteiger charge is 2.18. The Balaban J connectivity index is 1.90. The molecular weight excluding hydrogens is 384 g/mol. The van der Waals surface area contributed by atoms with Crippen LogP contribution in [0.15, 0.2) is 48.7 Å². The number of carbonyl (C=O) groups is 1. The Morgan fingerprint density at radius 2 is 1.63 bits per heavy atom. The summed E-state index contributed by atoms with van der Waals surface area (Å²) >= 11 is 0. The third-order valence-corrected chi connectivity index (χ3v) is 5.09. The molecule has 0 bridgehead atoms. The molecule has 7 heteroatoms. The van der Waals surface area contributed by atoms with Gasteiger partial charge in [-0.2, -0.15) is 0 Å². The van der Waals surface area contributed by atoms with Crippen LogP contribution in [0.1, 0.15) is 15.9 Å². The van der Waals surface area contributed by atoms with Crippen molar-refractivity contribution in [2.45, 2.75) is 6.54 Å². The second-order valence-electron chi connectivity index (χ2n) is 6.72. The Hall–Kier alpha value is -3.74. The van der Waals surface area contributed by atoms with E-state index in [1.807, 2.05) is 42.5 Å². The number of aromatic nitrogens is 2. The van der Waals surface area contributed by atoms with Gasteiger partial charge in [-0.15, -0.1) is 0 Å². The second-order valence-corrected chi connectivity index (χ2v) is 6.72. The molecule has 0 amide bonds. The maximum Gasteiger partial charge on any atom is 0.339 e. The van der Waals surface area contributed by atoms with E-state index < -0.39 is 5.97 Å². The number of carbonyl (C=O) groups excluding carboxylic acids is 1. The fourth-order valence-electron chi connectivity index (χ4n) is 3.72. The first kappa shape index (κ1) is 19.6. The van der Waals surface area contributed by atoms with E-state index in [0.717, 1.165) is 27.5 Å². The molecule has 0 N–H and O–H groups in total. The lowest BCUT2D eigenvalue weighted by molar-refractivity contribution is 0.0600. The largest absolute Gasteiger partial charge is 0.493 e. The van der Waals surface area contributed by atoms with Crippen LogP contribution in [-0.2, 0) is 11.3 Å². The lowest BCUT2D eigenvalue weighted by atomic mass is 10.1. The number of ether oxygens (including phenoxy) is 4. The number of rotatable bonds is 6. The Morgan fingerprint density at radius 1 is 0.933 bits per heavy atom. The van der Waals surface area contributed by atoms with Crippen LogP contribution in [-0.4, -0.2) is 44.0 Å². The predicted octanol–water partition coefficient (Wildman–Crippen LogP) is 4.05. The van der Waals surface area contributed by atoms with E-state index in [4.69, 9.17) is 18.9 Å². The average molecular weight is 406 g/mol. The van der Waals surface area contributed by atoms with Gasteiger partial charge in [0.1, 0.15) is 5.65 Å². The minimum atomic E-state index is -0.411. The van der Waals surface area contributed by atoms with Gasteiger partial charge in [0.05, 0.1) is 39.5 Å². The van der Waals surface area contributed by atoms with E-state index in [1.54, 1.807) is 27.5 Å². The van der Waals surface area contributed by atoms with Gasteiger partial charge in [0.2, 0.25) is 5.75 Å². The number of pyridine rings is 1. The Bertz CT molecular complexity index is 1220. The van der Waals surface area contributed by atoms with Crippen LogP contribution in [0.2, 0.25) is 0 Å². The summed E-state index contributed by atoms with van der Waals surface area (Å²) in [4.78, 5) is 16.6. The van der Waals surface area contributed by atoms with Gasteiger partial charge in [0, 0.05) is 23.5 Å². The second kappa shape index (κ2) is 7.94. The van der Waals surface area contributed by atoms with Gasteiger partial charge in [0.25, 0.3) is 0 Å². The number of methoxy groups -OCH3 is 4. The summed E-state index contributed by atoms with van der Waals surface area (Å²) in [6.07, 6.45) is 1.54. The molecule has 154 valence electrons. The van der Waals surface area contributed by atoms with E-state index in [-0.39, 0.29) is 0 Å². The van der Waals surface area contributed by atoms with Gasteiger partial charge >= 0.3 is 5.97 Å². The molecule has 2 aromatic heterocycles. The van der Waals surface area contributed by atoms with Gasteiger partial charge in [0.15, 0.2) is 11.5 Å². The lowest BCUT2D eigenvalue weighted by Gasteiger charge is -2.15. The van der Waals surface area contributed by atoms with Crippen molar-refractivity contribution in [1.29, 1.82) is 0 Å². The Labute approximate surface area is 173 Å². The molecule has 2 heterocycles.